The van der Waals surface area contributed by atoms with E-state index >= 15 is 0 Å². The highest BCUT2D eigenvalue weighted by molar-refractivity contribution is 6.23. The second kappa shape index (κ2) is 6.12. The van der Waals surface area contributed by atoms with Crippen LogP contribution in [0.1, 0.15) is 12.0 Å². The number of benzene rings is 2. The van der Waals surface area contributed by atoms with Crippen LogP contribution in [0.3, 0.4) is 0 Å². The molecule has 1 fully saturated rings. The van der Waals surface area contributed by atoms with Crippen LogP contribution in [0.5, 0.6) is 0 Å². The average molecular weight is 320 g/mol. The fourth-order valence-corrected chi connectivity index (χ4v) is 3.04. The number of barbiturate groups is 1. The van der Waals surface area contributed by atoms with Gasteiger partial charge in [-0.1, -0.05) is 60.7 Å². The molecular weight excluding hydrogens is 304 g/mol. The summed E-state index contributed by atoms with van der Waals surface area (Å²) in [6.07, 6.45) is 1.60. The first-order valence-corrected chi connectivity index (χ1v) is 7.52. The Morgan fingerprint density at radius 2 is 1.46 bits per heavy atom. The van der Waals surface area contributed by atoms with Gasteiger partial charge in [-0.15, -0.1) is 6.58 Å². The third-order valence-corrected chi connectivity index (χ3v) is 4.15. The molecule has 0 aromatic heterocycles. The maximum absolute atomic E-state index is 12.7. The van der Waals surface area contributed by atoms with Crippen molar-refractivity contribution >= 4 is 17.8 Å². The molecule has 0 bridgehead atoms. The molecule has 2 aromatic carbocycles. The quantitative estimate of drug-likeness (QED) is 0.671. The molecule has 1 heterocycles. The summed E-state index contributed by atoms with van der Waals surface area (Å²) >= 11 is 0. The van der Waals surface area contributed by atoms with Gasteiger partial charge in [-0.05, 0) is 23.1 Å². The highest BCUT2D eigenvalue weighted by Gasteiger charge is 2.51. The number of hydrogen-bond acceptors (Lipinski definition) is 3. The van der Waals surface area contributed by atoms with E-state index in [9.17, 15) is 14.4 Å². The Kier molecular flexibility index (Phi) is 4.00. The number of allylic oxidation sites excluding steroid dienone is 1. The van der Waals surface area contributed by atoms with Crippen molar-refractivity contribution in [2.45, 2.75) is 11.8 Å². The first kappa shape index (κ1) is 15.7. The zero-order valence-electron chi connectivity index (χ0n) is 12.9. The van der Waals surface area contributed by atoms with Gasteiger partial charge in [0.1, 0.15) is 0 Å². The lowest BCUT2D eigenvalue weighted by Gasteiger charge is -2.35. The van der Waals surface area contributed by atoms with Crippen LogP contribution in [0.4, 0.5) is 4.79 Å². The van der Waals surface area contributed by atoms with Gasteiger partial charge in [-0.3, -0.25) is 20.2 Å². The van der Waals surface area contributed by atoms with E-state index in [1.54, 1.807) is 12.1 Å². The fourth-order valence-electron chi connectivity index (χ4n) is 3.04. The summed E-state index contributed by atoms with van der Waals surface area (Å²) in [7, 11) is 0. The zero-order valence-corrected chi connectivity index (χ0v) is 12.9. The van der Waals surface area contributed by atoms with E-state index in [1.807, 2.05) is 42.5 Å². The van der Waals surface area contributed by atoms with Crippen LogP contribution in [-0.2, 0) is 15.0 Å². The molecule has 24 heavy (non-hydrogen) atoms. The molecule has 0 saturated carbocycles. The van der Waals surface area contributed by atoms with Crippen LogP contribution in [0.25, 0.3) is 11.1 Å². The molecule has 2 N–H and O–H groups in total. The summed E-state index contributed by atoms with van der Waals surface area (Å²) in [5, 5.41) is 4.41. The lowest BCUT2D eigenvalue weighted by atomic mass is 9.72. The van der Waals surface area contributed by atoms with Crippen molar-refractivity contribution in [1.29, 1.82) is 0 Å². The van der Waals surface area contributed by atoms with Crippen LogP contribution in [-0.4, -0.2) is 17.8 Å². The zero-order chi connectivity index (χ0) is 17.2. The Bertz CT molecular complexity index is 808. The van der Waals surface area contributed by atoms with Crippen LogP contribution >= 0.6 is 0 Å². The van der Waals surface area contributed by atoms with Crippen LogP contribution < -0.4 is 10.6 Å². The smallest absolute Gasteiger partial charge is 0.277 e. The first-order chi connectivity index (χ1) is 11.6. The van der Waals surface area contributed by atoms with Gasteiger partial charge >= 0.3 is 6.03 Å². The van der Waals surface area contributed by atoms with Crippen molar-refractivity contribution < 1.29 is 14.4 Å². The minimum Gasteiger partial charge on any atom is -0.277 e. The van der Waals surface area contributed by atoms with E-state index < -0.39 is 23.3 Å². The van der Waals surface area contributed by atoms with Crippen molar-refractivity contribution in [3.63, 3.8) is 0 Å². The molecular formula is C19H16N2O3. The Hall–Kier alpha value is -3.21. The monoisotopic (exact) mass is 320 g/mol. The highest BCUT2D eigenvalue weighted by atomic mass is 16.2. The van der Waals surface area contributed by atoms with Gasteiger partial charge in [0.15, 0.2) is 5.41 Å². The van der Waals surface area contributed by atoms with E-state index in [-0.39, 0.29) is 6.42 Å². The molecule has 0 aliphatic carbocycles. The second-order valence-electron chi connectivity index (χ2n) is 5.55. The maximum Gasteiger partial charge on any atom is 0.328 e. The molecule has 5 nitrogen and oxygen atoms in total. The summed E-state index contributed by atoms with van der Waals surface area (Å²) in [6.45, 7) is 3.67. The van der Waals surface area contributed by atoms with Crippen LogP contribution in [0, 0.1) is 0 Å². The van der Waals surface area contributed by atoms with Crippen molar-refractivity contribution in [3.8, 4) is 11.1 Å². The largest absolute Gasteiger partial charge is 0.328 e. The molecule has 0 unspecified atom stereocenters. The van der Waals surface area contributed by atoms with Gasteiger partial charge in [0.2, 0.25) is 11.8 Å². The van der Waals surface area contributed by atoms with E-state index in [1.165, 1.54) is 6.08 Å². The van der Waals surface area contributed by atoms with Gasteiger partial charge in [0.05, 0.1) is 0 Å². The summed E-state index contributed by atoms with van der Waals surface area (Å²) in [5.41, 5.74) is 0.662. The minimum atomic E-state index is -1.53. The SMILES string of the molecule is C=CCC1(c2ccccc2-c2ccccc2)C(=O)NC(=O)NC1=O. The summed E-state index contributed by atoms with van der Waals surface area (Å²) < 4.78 is 0. The summed E-state index contributed by atoms with van der Waals surface area (Å²) in [6, 6.07) is 15.9. The predicted octanol–water partition coefficient (Wildman–Crippen LogP) is 2.53. The number of imide groups is 2. The van der Waals surface area contributed by atoms with Gasteiger partial charge in [0.25, 0.3) is 0 Å². The molecule has 1 aliphatic heterocycles. The van der Waals surface area contributed by atoms with Crippen molar-refractivity contribution in [1.82, 2.24) is 10.6 Å². The molecule has 120 valence electrons. The van der Waals surface area contributed by atoms with E-state index in [2.05, 4.69) is 17.2 Å². The predicted molar refractivity (Wildman–Crippen MR) is 90.1 cm³/mol. The maximum atomic E-state index is 12.7. The molecule has 0 atom stereocenters. The molecule has 2 aromatic rings. The first-order valence-electron chi connectivity index (χ1n) is 7.52. The number of carbonyl (C=O) groups excluding carboxylic acids is 3. The molecule has 5 heteroatoms. The standard InChI is InChI=1S/C19H16N2O3/c1-2-12-19(16(22)20-18(24)21-17(19)23)15-11-7-6-10-14(15)13-8-4-3-5-9-13/h2-11H,1,12H2,(H2,20,21,22,23,24). The Morgan fingerprint density at radius 1 is 0.875 bits per heavy atom. The summed E-state index contributed by atoms with van der Waals surface area (Å²) in [5.74, 6) is -1.28. The second-order valence-corrected chi connectivity index (χ2v) is 5.55. The van der Waals surface area contributed by atoms with Crippen molar-refractivity contribution in [2.24, 2.45) is 0 Å². The Labute approximate surface area is 139 Å². The van der Waals surface area contributed by atoms with Crippen LogP contribution in [0.15, 0.2) is 67.3 Å². The number of nitrogens with one attached hydrogen (secondary N) is 2. The Morgan fingerprint density at radius 3 is 2.08 bits per heavy atom. The number of rotatable bonds is 4. The fraction of sp³-hybridized carbons (Fsp3) is 0.105. The third-order valence-electron chi connectivity index (χ3n) is 4.15. The number of carbonyl (C=O) groups is 3. The molecule has 0 spiro atoms. The third kappa shape index (κ3) is 2.40. The average Bonchev–Trinajstić information content (AvgIpc) is 2.59. The highest BCUT2D eigenvalue weighted by Crippen LogP contribution is 2.37. The lowest BCUT2D eigenvalue weighted by molar-refractivity contribution is -0.138. The summed E-state index contributed by atoms with van der Waals surface area (Å²) in [4.78, 5) is 36.8. The lowest BCUT2D eigenvalue weighted by Crippen LogP contribution is -2.64. The molecule has 0 radical (unpaired) electrons. The topological polar surface area (TPSA) is 75.3 Å². The van der Waals surface area contributed by atoms with Crippen LogP contribution in [0.2, 0.25) is 0 Å². The van der Waals surface area contributed by atoms with Gasteiger partial charge in [-0.25, -0.2) is 4.79 Å². The number of hydrogen-bond donors (Lipinski definition) is 2. The van der Waals surface area contributed by atoms with E-state index in [0.717, 1.165) is 11.1 Å². The molecule has 3 rings (SSSR count). The van der Waals surface area contributed by atoms with Gasteiger partial charge in [0, 0.05) is 0 Å². The normalized spacial score (nSPS) is 16.2. The minimum absolute atomic E-state index is 0.0851. The van der Waals surface area contributed by atoms with Crippen molar-refractivity contribution in [2.75, 3.05) is 0 Å². The molecule has 1 aliphatic rings. The molecule has 1 saturated heterocycles. The Balaban J connectivity index is 2.25. The van der Waals surface area contributed by atoms with Gasteiger partial charge in [-0.2, -0.15) is 0 Å². The van der Waals surface area contributed by atoms with Gasteiger partial charge < -0.3 is 0 Å². The van der Waals surface area contributed by atoms with E-state index in [4.69, 9.17) is 0 Å². The van der Waals surface area contributed by atoms with E-state index in [0.29, 0.717) is 5.56 Å². The number of urea groups is 1. The number of amides is 4. The van der Waals surface area contributed by atoms with Crippen molar-refractivity contribution in [3.05, 3.63) is 72.8 Å². The molecule has 4 amide bonds.